The minimum Gasteiger partial charge on any atom is -0.269 e. The van der Waals surface area contributed by atoms with Crippen LogP contribution in [-0.4, -0.2) is 0 Å². The van der Waals surface area contributed by atoms with Gasteiger partial charge in [-0.3, -0.25) is 4.70 Å². The van der Waals surface area contributed by atoms with Crippen LogP contribution in [0.4, 0.5) is 4.70 Å². The maximum Gasteiger partial charge on any atom is -0.0392 e. The molecule has 0 aromatic heterocycles. The highest BCUT2D eigenvalue weighted by Crippen LogP contribution is 2.27. The van der Waals surface area contributed by atoms with Crippen molar-refractivity contribution in [2.45, 2.75) is 81.1 Å². The smallest absolute Gasteiger partial charge is 0.0392 e. The third kappa shape index (κ3) is 9.75. The van der Waals surface area contributed by atoms with Gasteiger partial charge in [0.1, 0.15) is 0 Å². The second-order valence-corrected chi connectivity index (χ2v) is 8.47. The van der Waals surface area contributed by atoms with Crippen LogP contribution in [0, 0.1) is 53.4 Å². The van der Waals surface area contributed by atoms with Crippen molar-refractivity contribution in [3.05, 3.63) is 69.8 Å². The van der Waals surface area contributed by atoms with Crippen LogP contribution in [0.2, 0.25) is 0 Å². The molecule has 0 unspecified atom stereocenters. The molecular weight excluding hydrogens is 331 g/mol. The Balaban J connectivity index is 0.000000372. The lowest BCUT2D eigenvalue weighted by Crippen LogP contribution is -2.08. The fourth-order valence-electron chi connectivity index (χ4n) is 3.16. The van der Waals surface area contributed by atoms with Crippen LogP contribution in [0.25, 0.3) is 0 Å². The molecule has 0 bridgehead atoms. The van der Waals surface area contributed by atoms with Gasteiger partial charge < -0.3 is 0 Å². The molecule has 0 heterocycles. The lowest BCUT2D eigenvalue weighted by Gasteiger charge is -2.22. The molecule has 1 heteroatoms. The summed E-state index contributed by atoms with van der Waals surface area (Å²) in [4.78, 5) is 0. The molecule has 152 valence electrons. The van der Waals surface area contributed by atoms with Crippen molar-refractivity contribution in [1.82, 2.24) is 0 Å². The highest BCUT2D eigenvalue weighted by Gasteiger charge is 2.13. The van der Waals surface area contributed by atoms with Crippen molar-refractivity contribution < 1.29 is 4.70 Å². The zero-order valence-corrected chi connectivity index (χ0v) is 18.9. The van der Waals surface area contributed by atoms with Gasteiger partial charge in [0.2, 0.25) is 0 Å². The van der Waals surface area contributed by atoms with Crippen molar-refractivity contribution >= 4 is 0 Å². The summed E-state index contributed by atoms with van der Waals surface area (Å²) in [6, 6.07) is 12.8. The van der Waals surface area contributed by atoms with Gasteiger partial charge in [-0.25, -0.2) is 0 Å². The van der Waals surface area contributed by atoms with E-state index in [1.165, 1.54) is 59.1 Å². The summed E-state index contributed by atoms with van der Waals surface area (Å²) in [5, 5.41) is 0. The van der Waals surface area contributed by atoms with E-state index in [0.29, 0.717) is 0 Å². The number of aryl methyl sites for hydroxylation is 4. The van der Waals surface area contributed by atoms with Gasteiger partial charge in [-0.15, -0.1) is 0 Å². The van der Waals surface area contributed by atoms with Crippen molar-refractivity contribution in [2.75, 3.05) is 0 Å². The average Bonchev–Trinajstić information content (AvgIpc) is 2.63. The molecule has 1 fully saturated rings. The number of hydrogen-bond donors (Lipinski definition) is 0. The fraction of sp³-hybridized carbons (Fsp3) is 0.538. The molecule has 0 amide bonds. The van der Waals surface area contributed by atoms with Crippen LogP contribution >= 0.6 is 0 Å². The van der Waals surface area contributed by atoms with Gasteiger partial charge in [0.25, 0.3) is 0 Å². The normalized spacial score (nSPS) is 18.2. The molecule has 0 N–H and O–H groups in total. The van der Waals surface area contributed by atoms with Crippen LogP contribution in [0.3, 0.4) is 0 Å². The third-order valence-corrected chi connectivity index (χ3v) is 5.85. The predicted octanol–water partition coefficient (Wildman–Crippen LogP) is 8.21. The van der Waals surface area contributed by atoms with Gasteiger partial charge in [0, 0.05) is 0 Å². The second kappa shape index (κ2) is 12.7. The first-order chi connectivity index (χ1) is 12.2. The zero-order valence-electron chi connectivity index (χ0n) is 18.9. The Kier molecular flexibility index (Phi) is 11.9. The Hall–Kier alpha value is -1.63. The molecule has 2 aromatic carbocycles. The van der Waals surface area contributed by atoms with Gasteiger partial charge in [0.15, 0.2) is 0 Å². The van der Waals surface area contributed by atoms with E-state index in [0.717, 1.165) is 11.8 Å². The summed E-state index contributed by atoms with van der Waals surface area (Å²) >= 11 is 0. The highest BCUT2D eigenvalue weighted by atomic mass is 19.0. The van der Waals surface area contributed by atoms with E-state index in [2.05, 4.69) is 91.8 Å². The highest BCUT2D eigenvalue weighted by molar-refractivity contribution is 5.37. The van der Waals surface area contributed by atoms with E-state index in [-0.39, 0.29) is 4.70 Å². The van der Waals surface area contributed by atoms with E-state index in [9.17, 15) is 0 Å². The lowest BCUT2D eigenvalue weighted by molar-refractivity contribution is 0.308. The second-order valence-electron chi connectivity index (χ2n) is 8.47. The number of hydrogen-bond acceptors (Lipinski definition) is 0. The van der Waals surface area contributed by atoms with E-state index in [4.69, 9.17) is 0 Å². The SMILES string of the molecule is CC1CCC(C)CC1.Cc1ccc(C)c(C)c1C.Cc1ccc(C)cc1.F. The van der Waals surface area contributed by atoms with Crippen molar-refractivity contribution in [2.24, 2.45) is 11.8 Å². The molecule has 0 spiro atoms. The first-order valence-electron chi connectivity index (χ1n) is 10.3. The summed E-state index contributed by atoms with van der Waals surface area (Å²) in [6.45, 7) is 17.6. The maximum atomic E-state index is 2.37. The molecule has 3 rings (SSSR count). The topological polar surface area (TPSA) is 0 Å². The van der Waals surface area contributed by atoms with Crippen LogP contribution in [0.5, 0.6) is 0 Å². The Bertz CT molecular complexity index is 589. The fourth-order valence-corrected chi connectivity index (χ4v) is 3.16. The third-order valence-electron chi connectivity index (χ3n) is 5.85. The summed E-state index contributed by atoms with van der Waals surface area (Å²) in [5.74, 6) is 2.04. The van der Waals surface area contributed by atoms with Gasteiger partial charge in [-0.05, 0) is 75.6 Å². The number of halogens is 1. The zero-order chi connectivity index (χ0) is 19.7. The molecule has 27 heavy (non-hydrogen) atoms. The monoisotopic (exact) mass is 372 g/mol. The van der Waals surface area contributed by atoms with Crippen molar-refractivity contribution in [1.29, 1.82) is 0 Å². The van der Waals surface area contributed by atoms with Crippen LogP contribution < -0.4 is 0 Å². The van der Waals surface area contributed by atoms with E-state index < -0.39 is 0 Å². The summed E-state index contributed by atoms with van der Waals surface area (Å²) in [7, 11) is 0. The summed E-state index contributed by atoms with van der Waals surface area (Å²) in [5.41, 5.74) is 8.30. The molecule has 2 aromatic rings. The van der Waals surface area contributed by atoms with Crippen molar-refractivity contribution in [3.8, 4) is 0 Å². The van der Waals surface area contributed by atoms with Gasteiger partial charge in [0.05, 0.1) is 0 Å². The average molecular weight is 373 g/mol. The van der Waals surface area contributed by atoms with Crippen LogP contribution in [0.15, 0.2) is 36.4 Å². The van der Waals surface area contributed by atoms with Gasteiger partial charge >= 0.3 is 0 Å². The molecule has 1 aliphatic rings. The van der Waals surface area contributed by atoms with Gasteiger partial charge in [-0.1, -0.05) is 87.1 Å². The lowest BCUT2D eigenvalue weighted by atomic mass is 9.84. The Labute approximate surface area is 167 Å². The van der Waals surface area contributed by atoms with Gasteiger partial charge in [-0.2, -0.15) is 0 Å². The predicted molar refractivity (Wildman–Crippen MR) is 121 cm³/mol. The van der Waals surface area contributed by atoms with Crippen molar-refractivity contribution in [3.63, 3.8) is 0 Å². The summed E-state index contributed by atoms with van der Waals surface area (Å²) < 4.78 is 0. The minimum absolute atomic E-state index is 0. The molecule has 0 radical (unpaired) electrons. The molecule has 0 aliphatic heterocycles. The molecule has 0 saturated heterocycles. The Morgan fingerprint density at radius 1 is 0.519 bits per heavy atom. The van der Waals surface area contributed by atoms with E-state index in [1.54, 1.807) is 0 Å². The minimum atomic E-state index is 0. The summed E-state index contributed by atoms with van der Waals surface area (Å²) in [6.07, 6.45) is 5.89. The first-order valence-corrected chi connectivity index (χ1v) is 10.3. The van der Waals surface area contributed by atoms with Crippen LogP contribution in [-0.2, 0) is 0 Å². The Morgan fingerprint density at radius 3 is 1.04 bits per heavy atom. The molecule has 0 atom stereocenters. The molecular formula is C26H41F. The maximum absolute atomic E-state index is 2.37. The quantitative estimate of drug-likeness (QED) is 0.437. The number of benzene rings is 2. The molecule has 0 nitrogen and oxygen atoms in total. The van der Waals surface area contributed by atoms with E-state index in [1.807, 2.05) is 0 Å². The first kappa shape index (κ1) is 25.4. The standard InChI is InChI=1S/C10H14.C8H16.C8H10.FH/c1-7-5-6-8(2)10(4)9(7)3;2*1-7-3-5-8(2)6-4-7;/h5-6H,1-4H3;7-8H,3-6H2,1-2H3;3-6H,1-2H3;1H. The van der Waals surface area contributed by atoms with E-state index >= 15 is 0 Å². The largest absolute Gasteiger partial charge is 0.269 e. The molecule has 1 aliphatic carbocycles. The Morgan fingerprint density at radius 2 is 0.778 bits per heavy atom. The van der Waals surface area contributed by atoms with Crippen LogP contribution in [0.1, 0.15) is 72.9 Å². The number of rotatable bonds is 0. The molecule has 1 saturated carbocycles.